The highest BCUT2D eigenvalue weighted by Crippen LogP contribution is 2.23. The first-order chi connectivity index (χ1) is 38.5. The minimum Gasteiger partial charge on any atom is -0.203 e. The van der Waals surface area contributed by atoms with E-state index in [9.17, 15) is 17.6 Å². The van der Waals surface area contributed by atoms with Crippen molar-refractivity contribution in [2.75, 3.05) is 0 Å². The third-order valence-electron chi connectivity index (χ3n) is 13.0. The van der Waals surface area contributed by atoms with E-state index >= 15 is 0 Å². The van der Waals surface area contributed by atoms with Gasteiger partial charge in [0.05, 0.1) is 5.48 Å². The lowest BCUT2D eigenvalue weighted by Gasteiger charge is -2.04. The third kappa shape index (κ3) is 21.8. The van der Waals surface area contributed by atoms with Gasteiger partial charge in [-0.15, -0.1) is 0 Å². The van der Waals surface area contributed by atoms with Gasteiger partial charge in [0.15, 0.2) is 23.3 Å². The molecule has 0 N–H and O–H groups in total. The Bertz CT molecular complexity index is 3240. The first kappa shape index (κ1) is 58.1. The summed E-state index contributed by atoms with van der Waals surface area (Å²) in [4.78, 5) is 0. The summed E-state index contributed by atoms with van der Waals surface area (Å²) in [6.45, 7) is 35.0. The topological polar surface area (TPSA) is 0 Å². The molecule has 78 heavy (non-hydrogen) atoms. The van der Waals surface area contributed by atoms with Crippen LogP contribution in [0.4, 0.5) is 17.6 Å². The Morgan fingerprint density at radius 2 is 0.513 bits per heavy atom. The van der Waals surface area contributed by atoms with Crippen LogP contribution < -0.4 is 0 Å². The predicted molar refractivity (Wildman–Crippen MR) is 332 cm³/mol. The van der Waals surface area contributed by atoms with E-state index in [2.05, 4.69) is 255 Å². The minimum absolute atomic E-state index is 0.0634. The van der Waals surface area contributed by atoms with E-state index in [1.165, 1.54) is 99.4 Å². The Morgan fingerprint density at radius 3 is 0.795 bits per heavy atom. The molecule has 0 radical (unpaired) electrons. The van der Waals surface area contributed by atoms with Gasteiger partial charge in [-0.2, -0.15) is 0 Å². The largest absolute Gasteiger partial charge is 0.203 e. The number of hydrogen-bond donors (Lipinski definition) is 0. The second-order valence-corrected chi connectivity index (χ2v) is 20.3. The molecular weight excluding hydrogens is 965 g/mol. The van der Waals surface area contributed by atoms with E-state index in [0.29, 0.717) is 11.1 Å². The smallest absolute Gasteiger partial charge is 0.165 e. The molecular formula is C74H84F4. The molecule has 0 bridgehead atoms. The second kappa shape index (κ2) is 32.2. The van der Waals surface area contributed by atoms with E-state index < -0.39 is 34.4 Å². The van der Waals surface area contributed by atoms with Crippen molar-refractivity contribution in [2.24, 2.45) is 0 Å². The highest BCUT2D eigenvalue weighted by molar-refractivity contribution is 5.88. The number of rotatable bonds is 0. The van der Waals surface area contributed by atoms with Crippen molar-refractivity contribution in [2.45, 2.75) is 125 Å². The molecule has 0 saturated carbocycles. The molecule has 10 aromatic carbocycles. The Kier molecular flexibility index (Phi) is 24.0. The van der Waals surface area contributed by atoms with E-state index in [-0.39, 0.29) is 24.2 Å². The summed E-state index contributed by atoms with van der Waals surface area (Å²) in [7, 11) is 0. The van der Waals surface area contributed by atoms with Crippen LogP contribution in [0, 0.1) is 148 Å². The summed E-state index contributed by atoms with van der Waals surface area (Å²) >= 11 is 0. The molecule has 0 aliphatic rings. The molecule has 4 heteroatoms. The number of aryl methyl sites for hydroxylation is 14. The van der Waals surface area contributed by atoms with Crippen LogP contribution in [-0.4, -0.2) is 0 Å². The molecule has 0 nitrogen and oxygen atoms in total. The van der Waals surface area contributed by atoms with E-state index in [0.717, 1.165) is 13.8 Å². The molecule has 0 amide bonds. The fourth-order valence-corrected chi connectivity index (χ4v) is 7.59. The Morgan fingerprint density at radius 1 is 0.231 bits per heavy atom. The Hall–Kier alpha value is -7.56. The van der Waals surface area contributed by atoms with Gasteiger partial charge in [0.1, 0.15) is 0 Å². The molecule has 0 heterocycles. The average molecular weight is 1050 g/mol. The van der Waals surface area contributed by atoms with Crippen LogP contribution in [0.3, 0.4) is 0 Å². The van der Waals surface area contributed by atoms with Crippen LogP contribution >= 0.6 is 0 Å². The lowest BCUT2D eigenvalue weighted by atomic mass is 10.0. The number of fused-ring (bicyclic) bond motifs is 2. The van der Waals surface area contributed by atoms with Gasteiger partial charge in [0, 0.05) is 11.1 Å². The maximum absolute atomic E-state index is 12.7. The van der Waals surface area contributed by atoms with Gasteiger partial charge in [0.2, 0.25) is 0 Å². The van der Waals surface area contributed by atoms with Crippen molar-refractivity contribution in [3.05, 3.63) is 305 Å². The lowest BCUT2D eigenvalue weighted by molar-refractivity contribution is 0.436. The fraction of sp³-hybridized carbons (Fsp3) is 0.243. The second-order valence-electron chi connectivity index (χ2n) is 20.3. The van der Waals surface area contributed by atoms with Crippen molar-refractivity contribution >= 4 is 21.5 Å². The van der Waals surface area contributed by atoms with Gasteiger partial charge in [-0.05, 0) is 191 Å². The zero-order valence-corrected chi connectivity index (χ0v) is 49.5. The van der Waals surface area contributed by atoms with Crippen molar-refractivity contribution in [1.29, 1.82) is 0 Å². The lowest BCUT2D eigenvalue weighted by Crippen LogP contribution is -2.02. The molecule has 0 atom stereocenters. The standard InChI is InChI=1S/2C12H12.C10H14.C8H6F4.4C8H10/c1-9-3-5-12-8-10(2)4-6-11(12)7-9;1-9-7-8-10(2)12-6-4-3-5-11(9)12;1-7-5-9(3)10(4)6-8(7)2;1-3-5(9)7(11)4(2)8(12)6(3)10;2*1-7-3-5-8(2)6-4-7;1-7-4-3-5-8(2)6-7;1-7-5-3-4-6-8(7)2/h2*3-8H,1-2H3;5-6H,1-4H3;1-2H3;4*3-6H,1-2H3/i;;;;3D,4D,5D,6D;;;. The van der Waals surface area contributed by atoms with E-state index in [4.69, 9.17) is 5.48 Å². The molecule has 0 aliphatic carbocycles. The van der Waals surface area contributed by atoms with Gasteiger partial charge in [-0.3, -0.25) is 0 Å². The fourth-order valence-electron chi connectivity index (χ4n) is 7.59. The molecule has 0 aliphatic heterocycles. The molecule has 0 aromatic heterocycles. The molecule has 0 unspecified atom stereocenters. The van der Waals surface area contributed by atoms with E-state index in [1.807, 2.05) is 0 Å². The average Bonchev–Trinajstić information content (AvgIpc) is 3.45. The highest BCUT2D eigenvalue weighted by atomic mass is 19.2. The summed E-state index contributed by atoms with van der Waals surface area (Å²) in [5.74, 6) is -5.31. The maximum atomic E-state index is 12.7. The molecule has 0 fully saturated rings. The van der Waals surface area contributed by atoms with Crippen molar-refractivity contribution in [1.82, 2.24) is 0 Å². The van der Waals surface area contributed by atoms with Crippen LogP contribution in [0.25, 0.3) is 21.5 Å². The summed E-state index contributed by atoms with van der Waals surface area (Å²) in [6.07, 6.45) is 0. The normalized spacial score (nSPS) is 10.6. The Labute approximate surface area is 472 Å². The molecule has 10 rings (SSSR count). The van der Waals surface area contributed by atoms with Gasteiger partial charge in [-0.1, -0.05) is 226 Å². The summed E-state index contributed by atoms with van der Waals surface area (Å²) in [5, 5.41) is 5.41. The maximum Gasteiger partial charge on any atom is 0.165 e. The van der Waals surface area contributed by atoms with Crippen LogP contribution in [-0.2, 0) is 0 Å². The first-order valence-corrected chi connectivity index (χ1v) is 26.3. The van der Waals surface area contributed by atoms with Gasteiger partial charge >= 0.3 is 0 Å². The van der Waals surface area contributed by atoms with Gasteiger partial charge in [0.25, 0.3) is 0 Å². The SMILES string of the molecule is Cc1c(F)c(F)c(C)c(F)c1F.Cc1cc(C)c(C)cc1C.Cc1ccc(C)c2ccccc12.Cc1ccc(C)cc1.Cc1ccc2cc(C)ccc2c1.Cc1cccc(C)c1.Cc1ccccc1C.[2H]c1c([2H])c(C)c([2H])c([2H])c1C. The predicted octanol–water partition coefficient (Wildman–Crippen LogP) is 21.9. The van der Waals surface area contributed by atoms with Crippen molar-refractivity contribution in [3.63, 3.8) is 0 Å². The highest BCUT2D eigenvalue weighted by Gasteiger charge is 2.19. The zero-order chi connectivity index (χ0) is 61.7. The number of hydrogen-bond acceptors (Lipinski definition) is 0. The summed E-state index contributed by atoms with van der Waals surface area (Å²) in [5.41, 5.74) is 18.6. The summed E-state index contributed by atoms with van der Waals surface area (Å²) in [6, 6.07) is 56.0. The quantitative estimate of drug-likeness (QED) is 0.105. The van der Waals surface area contributed by atoms with Crippen molar-refractivity contribution in [3.8, 4) is 0 Å². The van der Waals surface area contributed by atoms with Gasteiger partial charge in [-0.25, -0.2) is 17.6 Å². The molecule has 0 spiro atoms. The molecule has 0 saturated heterocycles. The third-order valence-corrected chi connectivity index (χ3v) is 13.0. The number of halogens is 4. The Balaban J connectivity index is 0.000000247. The minimum atomic E-state index is -1.33. The van der Waals surface area contributed by atoms with Crippen LogP contribution in [0.5, 0.6) is 0 Å². The van der Waals surface area contributed by atoms with Crippen LogP contribution in [0.2, 0.25) is 0 Å². The monoisotopic (exact) mass is 1050 g/mol. The van der Waals surface area contributed by atoms with E-state index in [1.54, 1.807) is 13.8 Å². The molecule has 10 aromatic rings. The summed E-state index contributed by atoms with van der Waals surface area (Å²) < 4.78 is 80.3. The van der Waals surface area contributed by atoms with Crippen molar-refractivity contribution < 1.29 is 23.0 Å². The van der Waals surface area contributed by atoms with Crippen LogP contribution in [0.1, 0.15) is 106 Å². The first-order valence-electron chi connectivity index (χ1n) is 28.3. The number of benzene rings is 10. The van der Waals surface area contributed by atoms with Gasteiger partial charge < -0.3 is 0 Å². The van der Waals surface area contributed by atoms with Crippen LogP contribution in [0.15, 0.2) is 182 Å². The zero-order valence-electron chi connectivity index (χ0n) is 53.5. The molecule has 408 valence electrons.